The predicted molar refractivity (Wildman–Crippen MR) is 129 cm³/mol. The minimum Gasteiger partial charge on any atom is -0.493 e. The molecular formula is C27H31ClO4. The number of carbonyl (C=O) groups is 1. The highest BCUT2D eigenvalue weighted by Crippen LogP contribution is 2.39. The molecule has 3 rings (SSSR count). The van der Waals surface area contributed by atoms with Gasteiger partial charge < -0.3 is 14.9 Å². The maximum atomic E-state index is 10.6. The summed E-state index contributed by atoms with van der Waals surface area (Å²) in [5.41, 5.74) is 3.09. The second-order valence-corrected chi connectivity index (χ2v) is 8.88. The summed E-state index contributed by atoms with van der Waals surface area (Å²) in [6, 6.07) is 17.9. The van der Waals surface area contributed by atoms with Crippen LogP contribution in [0.25, 0.3) is 5.57 Å². The summed E-state index contributed by atoms with van der Waals surface area (Å²) in [5, 5.41) is 19.1. The van der Waals surface area contributed by atoms with Crippen LogP contribution < -0.4 is 4.74 Å². The van der Waals surface area contributed by atoms with E-state index in [1.54, 1.807) is 0 Å². The first-order chi connectivity index (χ1) is 15.5. The number of hydrogen-bond donors (Lipinski definition) is 2. The van der Waals surface area contributed by atoms with Crippen molar-refractivity contribution < 1.29 is 19.7 Å². The smallest absolute Gasteiger partial charge is 0.303 e. The highest BCUT2D eigenvalue weighted by Gasteiger charge is 2.41. The minimum atomic E-state index is -0.771. The van der Waals surface area contributed by atoms with E-state index in [1.165, 1.54) is 0 Å². The normalized spacial score (nSPS) is 22.8. The Labute approximate surface area is 195 Å². The Bertz CT molecular complexity index is 907. The van der Waals surface area contributed by atoms with Gasteiger partial charge in [-0.3, -0.25) is 4.79 Å². The van der Waals surface area contributed by atoms with Gasteiger partial charge in [0.25, 0.3) is 0 Å². The number of aliphatic hydroxyl groups excluding tert-OH is 1. The van der Waals surface area contributed by atoms with Crippen molar-refractivity contribution in [3.05, 3.63) is 84.5 Å². The van der Waals surface area contributed by atoms with E-state index in [0.29, 0.717) is 19.4 Å². The van der Waals surface area contributed by atoms with Gasteiger partial charge in [-0.25, -0.2) is 0 Å². The van der Waals surface area contributed by atoms with E-state index in [4.69, 9.17) is 21.4 Å². The van der Waals surface area contributed by atoms with Crippen molar-refractivity contribution in [3.8, 4) is 5.75 Å². The number of carboxylic acid groups (broad SMARTS) is 1. The maximum absolute atomic E-state index is 10.6. The van der Waals surface area contributed by atoms with Crippen LogP contribution >= 0.6 is 11.6 Å². The Balaban J connectivity index is 1.53. The lowest BCUT2D eigenvalue weighted by molar-refractivity contribution is -0.137. The SMILES string of the molecule is C=C(c1ccccc1)c1ccc(OC[C@@H]2[C@@H](C/C=C\CCCC(=O)O)[C@H](Cl)C[C@H]2O)cc1. The molecule has 2 N–H and O–H groups in total. The number of alkyl halides is 1. The average Bonchev–Trinajstić information content (AvgIpc) is 3.07. The van der Waals surface area contributed by atoms with E-state index in [1.807, 2.05) is 60.7 Å². The Morgan fingerprint density at radius 2 is 1.75 bits per heavy atom. The standard InChI is InChI=1S/C27H31ClO4/c1-19(20-9-5-4-6-10-20)21-13-15-22(16-14-21)32-18-24-23(25(28)17-26(24)29)11-7-2-3-8-12-27(30)31/h2,4-7,9-10,13-16,23-26,29H,1,3,8,11-12,17-18H2,(H,30,31)/b7-2-/t23-,24-,25-,26-/m1/s1. The van der Waals surface area contributed by atoms with Crippen molar-refractivity contribution in [2.24, 2.45) is 11.8 Å². The summed E-state index contributed by atoms with van der Waals surface area (Å²) >= 11 is 6.51. The van der Waals surface area contributed by atoms with E-state index in [2.05, 4.69) is 12.7 Å². The first-order valence-electron chi connectivity index (χ1n) is 11.1. The number of aliphatic hydroxyl groups is 1. The molecular weight excluding hydrogens is 424 g/mol. The summed E-state index contributed by atoms with van der Waals surface area (Å²) in [7, 11) is 0. The Hall–Kier alpha value is -2.56. The van der Waals surface area contributed by atoms with Crippen molar-refractivity contribution in [2.45, 2.75) is 43.6 Å². The Morgan fingerprint density at radius 1 is 1.06 bits per heavy atom. The fourth-order valence-electron chi connectivity index (χ4n) is 4.18. The largest absolute Gasteiger partial charge is 0.493 e. The molecule has 1 fully saturated rings. The third-order valence-electron chi connectivity index (χ3n) is 6.08. The van der Waals surface area contributed by atoms with Gasteiger partial charge in [0.05, 0.1) is 12.7 Å². The minimum absolute atomic E-state index is 0.0415. The summed E-state index contributed by atoms with van der Waals surface area (Å²) in [5.74, 6) is 0.0650. The van der Waals surface area contributed by atoms with Gasteiger partial charge >= 0.3 is 5.97 Å². The number of carboxylic acids is 1. The molecule has 0 aliphatic heterocycles. The molecule has 1 aliphatic rings. The zero-order valence-corrected chi connectivity index (χ0v) is 19.0. The van der Waals surface area contributed by atoms with Crippen LogP contribution in [0.2, 0.25) is 0 Å². The topological polar surface area (TPSA) is 66.8 Å². The molecule has 0 heterocycles. The van der Waals surface area contributed by atoms with Crippen LogP contribution in [0.5, 0.6) is 5.75 Å². The molecule has 32 heavy (non-hydrogen) atoms. The molecule has 2 aromatic rings. The third kappa shape index (κ3) is 6.72. The quantitative estimate of drug-likeness (QED) is 0.251. The third-order valence-corrected chi connectivity index (χ3v) is 6.58. The Morgan fingerprint density at radius 3 is 2.44 bits per heavy atom. The lowest BCUT2D eigenvalue weighted by atomic mass is 9.92. The number of halogens is 1. The zero-order valence-electron chi connectivity index (χ0n) is 18.2. The van der Waals surface area contributed by atoms with Gasteiger partial charge in [0, 0.05) is 17.7 Å². The number of unbranched alkanes of at least 4 members (excludes halogenated alkanes) is 1. The maximum Gasteiger partial charge on any atom is 0.303 e. The van der Waals surface area contributed by atoms with Gasteiger partial charge in [-0.15, -0.1) is 11.6 Å². The van der Waals surface area contributed by atoms with Crippen LogP contribution in [0.3, 0.4) is 0 Å². The van der Waals surface area contributed by atoms with Gasteiger partial charge in [-0.2, -0.15) is 0 Å². The monoisotopic (exact) mass is 454 g/mol. The molecule has 5 heteroatoms. The van der Waals surface area contributed by atoms with Crippen molar-refractivity contribution in [1.29, 1.82) is 0 Å². The highest BCUT2D eigenvalue weighted by atomic mass is 35.5. The average molecular weight is 455 g/mol. The fraction of sp³-hybridized carbons (Fsp3) is 0.370. The molecule has 0 bridgehead atoms. The van der Waals surface area contributed by atoms with Crippen molar-refractivity contribution in [3.63, 3.8) is 0 Å². The van der Waals surface area contributed by atoms with Gasteiger partial charge in [0.2, 0.25) is 0 Å². The molecule has 0 spiro atoms. The lowest BCUT2D eigenvalue weighted by Gasteiger charge is -2.22. The number of ether oxygens (including phenoxy) is 1. The fourth-order valence-corrected chi connectivity index (χ4v) is 4.66. The van der Waals surface area contributed by atoms with Gasteiger partial charge in [0.1, 0.15) is 5.75 Å². The molecule has 1 aliphatic carbocycles. The molecule has 0 amide bonds. The van der Waals surface area contributed by atoms with Crippen LogP contribution in [-0.2, 0) is 4.79 Å². The molecule has 0 saturated heterocycles. The van der Waals surface area contributed by atoms with E-state index in [-0.39, 0.29) is 23.6 Å². The first-order valence-corrected chi connectivity index (χ1v) is 11.6. The molecule has 0 aromatic heterocycles. The number of allylic oxidation sites excluding steroid dienone is 2. The number of hydrogen-bond acceptors (Lipinski definition) is 3. The summed E-state index contributed by atoms with van der Waals surface area (Å²) in [6.45, 7) is 4.60. The van der Waals surface area contributed by atoms with Crippen molar-refractivity contribution >= 4 is 23.1 Å². The van der Waals surface area contributed by atoms with Crippen molar-refractivity contribution in [1.82, 2.24) is 0 Å². The van der Waals surface area contributed by atoms with Gasteiger partial charge in [-0.1, -0.05) is 61.2 Å². The molecule has 0 radical (unpaired) electrons. The highest BCUT2D eigenvalue weighted by molar-refractivity contribution is 6.21. The van der Waals surface area contributed by atoms with Crippen LogP contribution in [-0.4, -0.2) is 34.3 Å². The number of rotatable bonds is 11. The number of aliphatic carboxylic acids is 1. The second-order valence-electron chi connectivity index (χ2n) is 8.32. The predicted octanol–water partition coefficient (Wildman–Crippen LogP) is 5.93. The van der Waals surface area contributed by atoms with Crippen LogP contribution in [0.4, 0.5) is 0 Å². The van der Waals surface area contributed by atoms with Crippen molar-refractivity contribution in [2.75, 3.05) is 6.61 Å². The zero-order chi connectivity index (χ0) is 22.9. The summed E-state index contributed by atoms with van der Waals surface area (Å²) in [6.07, 6.45) is 6.42. The molecule has 170 valence electrons. The van der Waals surface area contributed by atoms with Crippen LogP contribution in [0.1, 0.15) is 43.2 Å². The Kier molecular flexibility index (Phi) is 8.95. The van der Waals surface area contributed by atoms with E-state index < -0.39 is 12.1 Å². The number of benzene rings is 2. The van der Waals surface area contributed by atoms with Gasteiger partial charge in [-0.05, 0) is 60.4 Å². The molecule has 4 nitrogen and oxygen atoms in total. The van der Waals surface area contributed by atoms with Crippen LogP contribution in [0.15, 0.2) is 73.3 Å². The summed E-state index contributed by atoms with van der Waals surface area (Å²) < 4.78 is 6.01. The molecule has 1 saturated carbocycles. The van der Waals surface area contributed by atoms with E-state index in [0.717, 1.165) is 35.3 Å². The first kappa shape index (κ1) is 24.1. The molecule has 4 atom stereocenters. The second kappa shape index (κ2) is 11.9. The van der Waals surface area contributed by atoms with Gasteiger partial charge in [0.15, 0.2) is 0 Å². The summed E-state index contributed by atoms with van der Waals surface area (Å²) in [4.78, 5) is 10.6. The van der Waals surface area contributed by atoms with E-state index in [9.17, 15) is 9.90 Å². The van der Waals surface area contributed by atoms with E-state index >= 15 is 0 Å². The molecule has 2 aromatic carbocycles. The lowest BCUT2D eigenvalue weighted by Crippen LogP contribution is -2.27. The van der Waals surface area contributed by atoms with Crippen LogP contribution in [0, 0.1) is 11.8 Å². The molecule has 0 unspecified atom stereocenters.